The zero-order valence-electron chi connectivity index (χ0n) is 11.5. The molecule has 2 N–H and O–H groups in total. The highest BCUT2D eigenvalue weighted by Crippen LogP contribution is 2.30. The van der Waals surface area contributed by atoms with E-state index in [1.165, 1.54) is 24.3 Å². The quantitative estimate of drug-likeness (QED) is 0.868. The van der Waals surface area contributed by atoms with Crippen molar-refractivity contribution in [2.24, 2.45) is 11.8 Å². The molecule has 21 heavy (non-hydrogen) atoms. The second-order valence-electron chi connectivity index (χ2n) is 5.30. The largest absolute Gasteiger partial charge is 0.481 e. The van der Waals surface area contributed by atoms with Gasteiger partial charge in [-0.05, 0) is 43.0 Å². The van der Waals surface area contributed by atoms with E-state index in [0.717, 1.165) is 19.3 Å². The van der Waals surface area contributed by atoms with Gasteiger partial charge in [-0.3, -0.25) is 4.79 Å². The highest BCUT2D eigenvalue weighted by Gasteiger charge is 2.31. The van der Waals surface area contributed by atoms with E-state index in [0.29, 0.717) is 11.4 Å². The number of aliphatic carboxylic acids is 1. The minimum Gasteiger partial charge on any atom is -0.481 e. The van der Waals surface area contributed by atoms with Crippen molar-refractivity contribution in [3.63, 3.8) is 0 Å². The van der Waals surface area contributed by atoms with E-state index < -0.39 is 21.9 Å². The maximum Gasteiger partial charge on any atom is 0.306 e. The molecule has 0 amide bonds. The van der Waals surface area contributed by atoms with Crippen molar-refractivity contribution in [1.82, 2.24) is 4.72 Å². The molecule has 0 spiro atoms. The number of carboxylic acids is 1. The molecule has 0 radical (unpaired) electrons. The summed E-state index contributed by atoms with van der Waals surface area (Å²) < 4.78 is 26.8. The fourth-order valence-corrected chi connectivity index (χ4v) is 3.91. The highest BCUT2D eigenvalue weighted by atomic mass is 35.5. The van der Waals surface area contributed by atoms with Crippen LogP contribution in [0, 0.1) is 11.8 Å². The summed E-state index contributed by atoms with van der Waals surface area (Å²) in [5.74, 6) is -1.46. The molecule has 0 saturated heterocycles. The maximum absolute atomic E-state index is 12.2. The van der Waals surface area contributed by atoms with Gasteiger partial charge in [0, 0.05) is 11.6 Å². The average Bonchev–Trinajstić information content (AvgIpc) is 2.46. The van der Waals surface area contributed by atoms with Crippen LogP contribution in [0.4, 0.5) is 0 Å². The standard InChI is InChI=1S/C14H18ClNO4S/c15-11-5-7-12(8-6-11)21(19,20)16-9-10-3-1-2-4-13(10)14(17)18/h5-8,10,13,16H,1-4,9H2,(H,17,18). The summed E-state index contributed by atoms with van der Waals surface area (Å²) in [6.07, 6.45) is 3.18. The van der Waals surface area contributed by atoms with Gasteiger partial charge in [0.2, 0.25) is 10.0 Å². The number of benzene rings is 1. The Morgan fingerprint density at radius 2 is 1.86 bits per heavy atom. The third-order valence-electron chi connectivity index (χ3n) is 3.89. The van der Waals surface area contributed by atoms with Crippen molar-refractivity contribution in [1.29, 1.82) is 0 Å². The summed E-state index contributed by atoms with van der Waals surface area (Å²) in [6, 6.07) is 5.88. The minimum absolute atomic E-state index is 0.134. The van der Waals surface area contributed by atoms with E-state index in [-0.39, 0.29) is 17.4 Å². The lowest BCUT2D eigenvalue weighted by molar-refractivity contribution is -0.144. The SMILES string of the molecule is O=C(O)C1CCCCC1CNS(=O)(=O)c1ccc(Cl)cc1. The minimum atomic E-state index is -3.63. The van der Waals surface area contributed by atoms with Gasteiger partial charge in [0.15, 0.2) is 0 Å². The van der Waals surface area contributed by atoms with Crippen molar-refractivity contribution in [3.05, 3.63) is 29.3 Å². The summed E-state index contributed by atoms with van der Waals surface area (Å²) in [4.78, 5) is 11.3. The van der Waals surface area contributed by atoms with Gasteiger partial charge in [-0.25, -0.2) is 13.1 Å². The number of sulfonamides is 1. The Kier molecular flexibility index (Phi) is 5.24. The molecule has 1 saturated carbocycles. The second-order valence-corrected chi connectivity index (χ2v) is 7.50. The molecule has 7 heteroatoms. The number of carbonyl (C=O) groups is 1. The highest BCUT2D eigenvalue weighted by molar-refractivity contribution is 7.89. The van der Waals surface area contributed by atoms with Crippen LogP contribution in [-0.4, -0.2) is 26.0 Å². The molecule has 2 rings (SSSR count). The zero-order chi connectivity index (χ0) is 15.5. The molecule has 0 heterocycles. The van der Waals surface area contributed by atoms with Gasteiger partial charge in [0.1, 0.15) is 0 Å². The lowest BCUT2D eigenvalue weighted by Gasteiger charge is -2.28. The average molecular weight is 332 g/mol. The Morgan fingerprint density at radius 1 is 1.24 bits per heavy atom. The van der Waals surface area contributed by atoms with Crippen molar-refractivity contribution in [3.8, 4) is 0 Å². The first-order valence-corrected chi connectivity index (χ1v) is 8.74. The van der Waals surface area contributed by atoms with Crippen LogP contribution < -0.4 is 4.72 Å². The summed E-state index contributed by atoms with van der Waals surface area (Å²) in [5.41, 5.74) is 0. The van der Waals surface area contributed by atoms with Gasteiger partial charge >= 0.3 is 5.97 Å². The predicted octanol–water partition coefficient (Wildman–Crippen LogP) is 2.51. The first-order chi connectivity index (χ1) is 9.90. The molecule has 2 unspecified atom stereocenters. The van der Waals surface area contributed by atoms with Crippen LogP contribution in [0.1, 0.15) is 25.7 Å². The first kappa shape index (κ1) is 16.3. The van der Waals surface area contributed by atoms with Crippen molar-refractivity contribution >= 4 is 27.6 Å². The monoisotopic (exact) mass is 331 g/mol. The van der Waals surface area contributed by atoms with Crippen LogP contribution in [0.3, 0.4) is 0 Å². The van der Waals surface area contributed by atoms with Crippen molar-refractivity contribution < 1.29 is 18.3 Å². The molecule has 5 nitrogen and oxygen atoms in total. The summed E-state index contributed by atoms with van der Waals surface area (Å²) in [7, 11) is -3.63. The zero-order valence-corrected chi connectivity index (χ0v) is 13.0. The predicted molar refractivity (Wildman–Crippen MR) is 79.7 cm³/mol. The first-order valence-electron chi connectivity index (χ1n) is 6.88. The third kappa shape index (κ3) is 4.18. The van der Waals surface area contributed by atoms with Gasteiger partial charge in [0.05, 0.1) is 10.8 Å². The van der Waals surface area contributed by atoms with Crippen LogP contribution in [0.5, 0.6) is 0 Å². The van der Waals surface area contributed by atoms with Crippen LogP contribution in [0.2, 0.25) is 5.02 Å². The number of halogens is 1. The van der Waals surface area contributed by atoms with Crippen molar-refractivity contribution in [2.45, 2.75) is 30.6 Å². The molecule has 1 aromatic rings. The molecule has 116 valence electrons. The fourth-order valence-electron chi connectivity index (χ4n) is 2.69. The molecule has 1 aromatic carbocycles. The Labute approximate surface area is 129 Å². The smallest absolute Gasteiger partial charge is 0.306 e. The summed E-state index contributed by atoms with van der Waals surface area (Å²) in [6.45, 7) is 0.155. The number of nitrogens with one attached hydrogen (secondary N) is 1. The van der Waals surface area contributed by atoms with E-state index in [1.807, 2.05) is 0 Å². The lowest BCUT2D eigenvalue weighted by Crippen LogP contribution is -2.37. The Hall–Kier alpha value is -1.11. The Bertz CT molecular complexity index is 600. The van der Waals surface area contributed by atoms with E-state index in [2.05, 4.69) is 4.72 Å². The molecule has 1 fully saturated rings. The van der Waals surface area contributed by atoms with Crippen molar-refractivity contribution in [2.75, 3.05) is 6.54 Å². The molecule has 0 aromatic heterocycles. The Morgan fingerprint density at radius 3 is 2.48 bits per heavy atom. The molecule has 0 bridgehead atoms. The topological polar surface area (TPSA) is 83.5 Å². The van der Waals surface area contributed by atoms with Gasteiger partial charge in [-0.2, -0.15) is 0 Å². The Balaban J connectivity index is 2.03. The van der Waals surface area contributed by atoms with E-state index in [9.17, 15) is 18.3 Å². The van der Waals surface area contributed by atoms with Gasteiger partial charge in [-0.15, -0.1) is 0 Å². The number of rotatable bonds is 5. The van der Waals surface area contributed by atoms with Gasteiger partial charge in [0.25, 0.3) is 0 Å². The lowest BCUT2D eigenvalue weighted by atomic mass is 9.79. The van der Waals surface area contributed by atoms with Crippen LogP contribution in [0.25, 0.3) is 0 Å². The third-order valence-corrected chi connectivity index (χ3v) is 5.58. The normalized spacial score (nSPS) is 22.9. The maximum atomic E-state index is 12.2. The summed E-state index contributed by atoms with van der Waals surface area (Å²) >= 11 is 5.73. The molecule has 0 aliphatic heterocycles. The summed E-state index contributed by atoms with van der Waals surface area (Å²) in [5, 5.41) is 9.66. The number of hydrogen-bond donors (Lipinski definition) is 2. The fraction of sp³-hybridized carbons (Fsp3) is 0.500. The van der Waals surface area contributed by atoms with E-state index in [1.54, 1.807) is 0 Å². The molecule has 1 aliphatic rings. The van der Waals surface area contributed by atoms with Crippen LogP contribution in [0.15, 0.2) is 29.2 Å². The number of carboxylic acid groups (broad SMARTS) is 1. The number of hydrogen-bond acceptors (Lipinski definition) is 3. The van der Waals surface area contributed by atoms with Crippen LogP contribution in [-0.2, 0) is 14.8 Å². The molecular formula is C14H18ClNO4S. The van der Waals surface area contributed by atoms with Gasteiger partial charge in [-0.1, -0.05) is 24.4 Å². The molecule has 2 atom stereocenters. The van der Waals surface area contributed by atoms with E-state index in [4.69, 9.17) is 11.6 Å². The van der Waals surface area contributed by atoms with E-state index >= 15 is 0 Å². The second kappa shape index (κ2) is 6.77. The molecular weight excluding hydrogens is 314 g/mol. The van der Waals surface area contributed by atoms with Gasteiger partial charge < -0.3 is 5.11 Å². The molecule has 1 aliphatic carbocycles. The van der Waals surface area contributed by atoms with Crippen LogP contribution >= 0.6 is 11.6 Å².